The molecule has 0 heterocycles. The zero-order valence-electron chi connectivity index (χ0n) is 52.3. The van der Waals surface area contributed by atoms with Gasteiger partial charge in [-0.2, -0.15) is 0 Å². The van der Waals surface area contributed by atoms with Gasteiger partial charge in [-0.1, -0.05) is 347 Å². The lowest BCUT2D eigenvalue weighted by Crippen LogP contribution is -2.30. The molecule has 0 fully saturated rings. The summed E-state index contributed by atoms with van der Waals surface area (Å²) in [4.78, 5) is 38.4. The first-order chi connectivity index (χ1) is 38.0. The van der Waals surface area contributed by atoms with Crippen molar-refractivity contribution in [2.24, 2.45) is 0 Å². The van der Waals surface area contributed by atoms with Crippen LogP contribution >= 0.6 is 0 Å². The molecule has 0 N–H and O–H groups in total. The first-order valence-electron chi connectivity index (χ1n) is 34.8. The molecule has 0 amide bonds. The zero-order chi connectivity index (χ0) is 55.7. The van der Waals surface area contributed by atoms with Crippen LogP contribution in [0.25, 0.3) is 0 Å². The van der Waals surface area contributed by atoms with E-state index < -0.39 is 6.10 Å². The summed E-state index contributed by atoms with van der Waals surface area (Å²) in [6.45, 7) is 6.70. The van der Waals surface area contributed by atoms with E-state index in [-0.39, 0.29) is 31.1 Å². The first kappa shape index (κ1) is 74.9. The van der Waals surface area contributed by atoms with E-state index in [1.807, 2.05) is 0 Å². The van der Waals surface area contributed by atoms with E-state index in [0.29, 0.717) is 19.3 Å². The second kappa shape index (κ2) is 66.4. The van der Waals surface area contributed by atoms with Crippen LogP contribution < -0.4 is 0 Å². The van der Waals surface area contributed by atoms with Gasteiger partial charge in [0.15, 0.2) is 6.10 Å². The fourth-order valence-electron chi connectivity index (χ4n) is 10.7. The highest BCUT2D eigenvalue weighted by molar-refractivity contribution is 5.71. The Balaban J connectivity index is 4.27. The van der Waals surface area contributed by atoms with E-state index in [2.05, 4.69) is 45.1 Å². The monoisotopic (exact) mass is 1080 g/mol. The molecular formula is C71H134O6. The van der Waals surface area contributed by atoms with E-state index in [4.69, 9.17) is 14.2 Å². The fourth-order valence-corrected chi connectivity index (χ4v) is 10.7. The maximum atomic E-state index is 12.9. The van der Waals surface area contributed by atoms with Crippen molar-refractivity contribution in [3.63, 3.8) is 0 Å². The highest BCUT2D eigenvalue weighted by Gasteiger charge is 2.19. The van der Waals surface area contributed by atoms with Crippen LogP contribution in [0.1, 0.15) is 393 Å². The summed E-state index contributed by atoms with van der Waals surface area (Å²) in [6.07, 6.45) is 80.6. The quantitative estimate of drug-likeness (QED) is 0.0261. The van der Waals surface area contributed by atoms with Crippen LogP contribution in [-0.2, 0) is 28.6 Å². The zero-order valence-corrected chi connectivity index (χ0v) is 52.3. The van der Waals surface area contributed by atoms with Gasteiger partial charge in [0.1, 0.15) is 13.2 Å². The summed E-state index contributed by atoms with van der Waals surface area (Å²) >= 11 is 0. The van der Waals surface area contributed by atoms with Gasteiger partial charge in [0.05, 0.1) is 0 Å². The Morgan fingerprint density at radius 3 is 0.727 bits per heavy atom. The molecule has 1 atom stereocenters. The molecule has 1 unspecified atom stereocenters. The number of unbranched alkanes of at least 4 members (excludes halogenated alkanes) is 50. The molecule has 0 aliphatic heterocycles. The Morgan fingerprint density at radius 2 is 0.468 bits per heavy atom. The standard InChI is InChI=1S/C71H134O6/c1-4-7-10-13-16-19-22-25-28-31-33-34-35-36-37-39-40-43-46-49-52-55-58-61-64-70(73)76-67-68(66-75-69(72)63-60-57-54-51-48-45-42-30-27-24-21-18-15-12-9-6-3)77-71(74)65-62-59-56-53-50-47-44-41-38-32-29-26-23-20-17-14-11-8-5-2/h21,24,30,42,68H,4-20,22-23,25-29,31-41,43-67H2,1-3H3/b24-21-,42-30-. The molecule has 6 nitrogen and oxygen atoms in total. The van der Waals surface area contributed by atoms with Crippen LogP contribution in [0, 0.1) is 0 Å². The molecule has 0 saturated heterocycles. The summed E-state index contributed by atoms with van der Waals surface area (Å²) in [6, 6.07) is 0. The van der Waals surface area contributed by atoms with E-state index in [9.17, 15) is 14.4 Å². The van der Waals surface area contributed by atoms with Crippen LogP contribution in [0.2, 0.25) is 0 Å². The average Bonchev–Trinajstić information content (AvgIpc) is 3.43. The lowest BCUT2D eigenvalue weighted by molar-refractivity contribution is -0.167. The van der Waals surface area contributed by atoms with Crippen molar-refractivity contribution in [1.29, 1.82) is 0 Å². The highest BCUT2D eigenvalue weighted by atomic mass is 16.6. The van der Waals surface area contributed by atoms with Crippen LogP contribution in [0.5, 0.6) is 0 Å². The lowest BCUT2D eigenvalue weighted by Gasteiger charge is -2.18. The van der Waals surface area contributed by atoms with Crippen molar-refractivity contribution in [2.45, 2.75) is 399 Å². The molecule has 0 aromatic heterocycles. The number of carbonyl (C=O) groups is 3. The summed E-state index contributed by atoms with van der Waals surface area (Å²) in [5.41, 5.74) is 0. The van der Waals surface area contributed by atoms with Gasteiger partial charge in [-0.3, -0.25) is 14.4 Å². The van der Waals surface area contributed by atoms with Crippen molar-refractivity contribution in [3.8, 4) is 0 Å². The number of allylic oxidation sites excluding steroid dienone is 4. The van der Waals surface area contributed by atoms with Gasteiger partial charge in [0, 0.05) is 19.3 Å². The van der Waals surface area contributed by atoms with Crippen LogP contribution in [0.4, 0.5) is 0 Å². The number of rotatable bonds is 65. The fraction of sp³-hybridized carbons (Fsp3) is 0.901. The molecule has 0 aromatic carbocycles. The third-order valence-corrected chi connectivity index (χ3v) is 16.0. The number of hydrogen-bond acceptors (Lipinski definition) is 6. The van der Waals surface area contributed by atoms with E-state index >= 15 is 0 Å². The van der Waals surface area contributed by atoms with Gasteiger partial charge >= 0.3 is 17.9 Å². The SMILES string of the molecule is CCCCCC/C=C\C/C=C\CCCCCCCC(=O)OCC(COC(=O)CCCCCCCCCCCCCCCCCCCCCCCCCC)OC(=O)CCCCCCCCCCCCCCCCCCCCC. The van der Waals surface area contributed by atoms with Gasteiger partial charge < -0.3 is 14.2 Å². The van der Waals surface area contributed by atoms with Gasteiger partial charge in [-0.05, 0) is 51.4 Å². The molecule has 0 aromatic rings. The molecule has 0 saturated carbocycles. The summed E-state index contributed by atoms with van der Waals surface area (Å²) in [5.74, 6) is -0.851. The van der Waals surface area contributed by atoms with Crippen molar-refractivity contribution in [2.75, 3.05) is 13.2 Å². The van der Waals surface area contributed by atoms with Crippen LogP contribution in [-0.4, -0.2) is 37.2 Å². The molecule has 454 valence electrons. The molecular weight excluding hydrogens is 949 g/mol. The molecule has 0 bridgehead atoms. The highest BCUT2D eigenvalue weighted by Crippen LogP contribution is 2.19. The molecule has 0 radical (unpaired) electrons. The minimum absolute atomic E-state index is 0.0692. The Bertz CT molecular complexity index is 1240. The van der Waals surface area contributed by atoms with E-state index in [0.717, 1.165) is 77.0 Å². The van der Waals surface area contributed by atoms with Gasteiger partial charge in [0.2, 0.25) is 0 Å². The van der Waals surface area contributed by atoms with Crippen molar-refractivity contribution in [3.05, 3.63) is 24.3 Å². The third kappa shape index (κ3) is 64.6. The Kier molecular flexibility index (Phi) is 64.6. The van der Waals surface area contributed by atoms with Gasteiger partial charge in [-0.15, -0.1) is 0 Å². The Hall–Kier alpha value is -2.11. The number of ether oxygens (including phenoxy) is 3. The topological polar surface area (TPSA) is 78.9 Å². The molecule has 77 heavy (non-hydrogen) atoms. The second-order valence-electron chi connectivity index (χ2n) is 23.8. The third-order valence-electron chi connectivity index (χ3n) is 16.0. The van der Waals surface area contributed by atoms with Gasteiger partial charge in [0.25, 0.3) is 0 Å². The summed E-state index contributed by atoms with van der Waals surface area (Å²) < 4.78 is 17.0. The summed E-state index contributed by atoms with van der Waals surface area (Å²) in [5, 5.41) is 0. The maximum Gasteiger partial charge on any atom is 0.306 e. The molecule has 0 spiro atoms. The predicted molar refractivity (Wildman–Crippen MR) is 335 cm³/mol. The minimum atomic E-state index is -0.774. The average molecular weight is 1080 g/mol. The van der Waals surface area contributed by atoms with Crippen LogP contribution in [0.15, 0.2) is 24.3 Å². The van der Waals surface area contributed by atoms with Crippen LogP contribution in [0.3, 0.4) is 0 Å². The Morgan fingerprint density at radius 1 is 0.260 bits per heavy atom. The van der Waals surface area contributed by atoms with Gasteiger partial charge in [-0.25, -0.2) is 0 Å². The largest absolute Gasteiger partial charge is 0.462 e. The number of esters is 3. The van der Waals surface area contributed by atoms with E-state index in [1.165, 1.54) is 276 Å². The minimum Gasteiger partial charge on any atom is -0.462 e. The Labute approximate surface area is 481 Å². The number of hydrogen-bond donors (Lipinski definition) is 0. The normalized spacial score (nSPS) is 12.1. The molecule has 6 heteroatoms. The number of carbonyl (C=O) groups excluding carboxylic acids is 3. The summed E-state index contributed by atoms with van der Waals surface area (Å²) in [7, 11) is 0. The predicted octanol–water partition coefficient (Wildman–Crippen LogP) is 23.8. The molecule has 0 rings (SSSR count). The van der Waals surface area contributed by atoms with Crippen molar-refractivity contribution >= 4 is 17.9 Å². The molecule has 0 aliphatic carbocycles. The van der Waals surface area contributed by atoms with E-state index in [1.54, 1.807) is 0 Å². The molecule has 0 aliphatic rings. The lowest BCUT2D eigenvalue weighted by atomic mass is 10.0. The maximum absolute atomic E-state index is 12.9. The smallest absolute Gasteiger partial charge is 0.306 e. The second-order valence-corrected chi connectivity index (χ2v) is 23.8. The first-order valence-corrected chi connectivity index (χ1v) is 34.8. The van der Waals surface area contributed by atoms with Crippen molar-refractivity contribution in [1.82, 2.24) is 0 Å². The van der Waals surface area contributed by atoms with Crippen molar-refractivity contribution < 1.29 is 28.6 Å².